The van der Waals surface area contributed by atoms with Gasteiger partial charge in [0, 0.05) is 0 Å². The summed E-state index contributed by atoms with van der Waals surface area (Å²) in [5.74, 6) is 0.274. The first-order valence-corrected chi connectivity index (χ1v) is 16.3. The molecule has 1 aliphatic rings. The molecule has 0 saturated carbocycles. The van der Waals surface area contributed by atoms with Gasteiger partial charge in [-0.15, -0.1) is 0 Å². The maximum absolute atomic E-state index is 10.5. The summed E-state index contributed by atoms with van der Waals surface area (Å²) in [6.07, 6.45) is 0. The molecule has 1 nitrogen and oxygen atoms in total. The lowest BCUT2D eigenvalue weighted by atomic mass is 9.89. The highest BCUT2D eigenvalue weighted by molar-refractivity contribution is 7.29. The third-order valence-corrected chi connectivity index (χ3v) is 13.2. The summed E-state index contributed by atoms with van der Waals surface area (Å²) in [5, 5.41) is 15.8. The highest BCUT2D eigenvalue weighted by Gasteiger charge is 2.53. The minimum absolute atomic E-state index is 0.274. The van der Waals surface area contributed by atoms with Crippen molar-refractivity contribution in [3.8, 4) is 5.75 Å². The Labute approximate surface area is 248 Å². The van der Waals surface area contributed by atoms with Crippen LogP contribution in [0.5, 0.6) is 5.75 Å². The van der Waals surface area contributed by atoms with Gasteiger partial charge in [-0.2, -0.15) is 0 Å². The van der Waals surface area contributed by atoms with Crippen LogP contribution in [0.3, 0.4) is 0 Å². The molecule has 0 atom stereocenters. The fraction of sp³-hybridized carbons (Fsp3) is 0. The van der Waals surface area contributed by atoms with E-state index in [1.165, 1.54) is 54.2 Å². The van der Waals surface area contributed by atoms with Crippen LogP contribution in [0.2, 0.25) is 0 Å². The van der Waals surface area contributed by atoms with Gasteiger partial charge in [0.05, 0.1) is 0 Å². The number of rotatable bonds is 6. The van der Waals surface area contributed by atoms with E-state index in [4.69, 9.17) is 0 Å². The van der Waals surface area contributed by atoms with E-state index < -0.39 is 8.07 Å². The predicted octanol–water partition coefficient (Wildman–Crippen LogP) is 8.27. The van der Waals surface area contributed by atoms with Gasteiger partial charge < -0.3 is 5.11 Å². The third kappa shape index (κ3) is 4.25. The number of hydrogen-bond donors (Lipinski definition) is 1. The molecule has 0 radical (unpaired) electrons. The van der Waals surface area contributed by atoms with Crippen LogP contribution >= 0.6 is 0 Å². The Kier molecular flexibility index (Phi) is 6.75. The number of allylic oxidation sites excluding steroid dienone is 2. The maximum Gasteiger partial charge on any atom is 0.182 e. The van der Waals surface area contributed by atoms with E-state index in [9.17, 15) is 5.11 Å². The van der Waals surface area contributed by atoms with Crippen molar-refractivity contribution in [2.75, 3.05) is 0 Å². The fourth-order valence-corrected chi connectivity index (χ4v) is 12.2. The molecule has 1 aliphatic heterocycles. The molecule has 200 valence electrons. The molecule has 0 saturated heterocycles. The zero-order valence-electron chi connectivity index (χ0n) is 23.2. The van der Waals surface area contributed by atoms with E-state index in [1.807, 2.05) is 12.1 Å². The normalized spacial score (nSPS) is 14.3. The average Bonchev–Trinajstić information content (AvgIpc) is 3.40. The number of hydrogen-bond acceptors (Lipinski definition) is 1. The van der Waals surface area contributed by atoms with Gasteiger partial charge >= 0.3 is 0 Å². The lowest BCUT2D eigenvalue weighted by Crippen LogP contribution is -2.59. The van der Waals surface area contributed by atoms with Crippen molar-refractivity contribution in [2.45, 2.75) is 0 Å². The summed E-state index contributed by atoms with van der Waals surface area (Å²) in [4.78, 5) is 0. The first kappa shape index (κ1) is 25.8. The van der Waals surface area contributed by atoms with Crippen molar-refractivity contribution in [3.05, 3.63) is 198 Å². The molecule has 0 fully saturated rings. The van der Waals surface area contributed by atoms with Crippen molar-refractivity contribution in [3.63, 3.8) is 0 Å². The quantitative estimate of drug-likeness (QED) is 0.206. The third-order valence-electron chi connectivity index (χ3n) is 8.26. The second kappa shape index (κ2) is 11.0. The number of benzene rings is 6. The lowest BCUT2D eigenvalue weighted by molar-refractivity contribution is 0.475. The first-order chi connectivity index (χ1) is 20.8. The largest absolute Gasteiger partial charge is 0.508 e. The SMILES string of the molecule is Oc1ccc([Si]2(c3ccccc3)C(c3ccccc3)=C(c3ccccc3)C(c3ccccc3)=C2c2ccccc2)cc1. The molecule has 7 rings (SSSR count). The van der Waals surface area contributed by atoms with Crippen LogP contribution in [0.15, 0.2) is 176 Å². The Balaban J connectivity index is 1.77. The molecular weight excluding hydrogens is 525 g/mol. The molecule has 6 aromatic rings. The Hall–Kier alpha value is -5.18. The summed E-state index contributed by atoms with van der Waals surface area (Å²) in [7, 11) is -2.99. The zero-order chi connectivity index (χ0) is 28.4. The Morgan fingerprint density at radius 1 is 0.310 bits per heavy atom. The number of phenols is 1. The zero-order valence-corrected chi connectivity index (χ0v) is 24.2. The van der Waals surface area contributed by atoms with Crippen molar-refractivity contribution >= 4 is 40.0 Å². The minimum Gasteiger partial charge on any atom is -0.508 e. The van der Waals surface area contributed by atoms with Crippen molar-refractivity contribution < 1.29 is 5.11 Å². The van der Waals surface area contributed by atoms with Crippen molar-refractivity contribution in [2.24, 2.45) is 0 Å². The van der Waals surface area contributed by atoms with Gasteiger partial charge in [0.15, 0.2) is 8.07 Å². The molecule has 1 N–H and O–H groups in total. The maximum atomic E-state index is 10.5. The minimum atomic E-state index is -2.99. The summed E-state index contributed by atoms with van der Waals surface area (Å²) >= 11 is 0. The molecule has 42 heavy (non-hydrogen) atoms. The molecule has 6 aromatic carbocycles. The molecule has 0 amide bonds. The molecule has 0 aliphatic carbocycles. The molecule has 0 unspecified atom stereocenters. The van der Waals surface area contributed by atoms with Gasteiger partial charge in [-0.25, -0.2) is 0 Å². The van der Waals surface area contributed by atoms with Gasteiger partial charge in [0.1, 0.15) is 5.75 Å². The lowest BCUT2D eigenvalue weighted by Gasteiger charge is -2.36. The summed E-state index contributed by atoms with van der Waals surface area (Å²) in [6, 6.07) is 62.6. The van der Waals surface area contributed by atoms with E-state index in [0.29, 0.717) is 0 Å². The first-order valence-electron chi connectivity index (χ1n) is 14.3. The van der Waals surface area contributed by atoms with Crippen molar-refractivity contribution in [1.29, 1.82) is 0 Å². The highest BCUT2D eigenvalue weighted by Crippen LogP contribution is 2.55. The Bertz CT molecular complexity index is 1780. The van der Waals surface area contributed by atoms with Crippen LogP contribution in [0, 0.1) is 0 Å². The highest BCUT2D eigenvalue weighted by atomic mass is 28.3. The van der Waals surface area contributed by atoms with Crippen LogP contribution in [-0.2, 0) is 0 Å². The molecule has 2 heteroatoms. The summed E-state index contributed by atoms with van der Waals surface area (Å²) in [6.45, 7) is 0. The van der Waals surface area contributed by atoms with Crippen LogP contribution in [-0.4, -0.2) is 13.2 Å². The van der Waals surface area contributed by atoms with E-state index in [2.05, 4.69) is 164 Å². The second-order valence-electron chi connectivity index (χ2n) is 10.6. The Morgan fingerprint density at radius 2 is 0.619 bits per heavy atom. The van der Waals surface area contributed by atoms with E-state index in [-0.39, 0.29) is 5.75 Å². The standard InChI is InChI=1S/C40H30OSi/c41-34-26-28-36(29-27-34)42(35-24-14-5-15-25-35)39(32-20-10-3-11-21-32)37(30-16-6-1-7-17-30)38(31-18-8-2-9-19-31)40(42)33-22-12-4-13-23-33/h1-29,41H. The summed E-state index contributed by atoms with van der Waals surface area (Å²) in [5.41, 5.74) is 7.39. The smallest absolute Gasteiger partial charge is 0.182 e. The van der Waals surface area contributed by atoms with E-state index in [0.717, 1.165) is 0 Å². The second-order valence-corrected chi connectivity index (χ2v) is 14.3. The molecule has 1 heterocycles. The van der Waals surface area contributed by atoms with Gasteiger partial charge in [-0.1, -0.05) is 164 Å². The summed E-state index contributed by atoms with van der Waals surface area (Å²) < 4.78 is 0. The average molecular weight is 555 g/mol. The van der Waals surface area contributed by atoms with E-state index in [1.54, 1.807) is 0 Å². The van der Waals surface area contributed by atoms with Gasteiger partial charge in [0.25, 0.3) is 0 Å². The Morgan fingerprint density at radius 3 is 1.00 bits per heavy atom. The molecule has 0 bridgehead atoms. The predicted molar refractivity (Wildman–Crippen MR) is 179 cm³/mol. The molecular formula is C40H30OSi. The number of aromatic hydroxyl groups is 1. The van der Waals surface area contributed by atoms with Gasteiger partial charge in [-0.3, -0.25) is 0 Å². The van der Waals surface area contributed by atoms with Gasteiger partial charge in [0.2, 0.25) is 0 Å². The molecule has 0 aromatic heterocycles. The van der Waals surface area contributed by atoms with Crippen LogP contribution in [0.1, 0.15) is 22.3 Å². The fourth-order valence-electron chi connectivity index (χ4n) is 6.61. The topological polar surface area (TPSA) is 20.2 Å². The van der Waals surface area contributed by atoms with Crippen molar-refractivity contribution in [1.82, 2.24) is 0 Å². The van der Waals surface area contributed by atoms with Crippen LogP contribution < -0.4 is 10.4 Å². The van der Waals surface area contributed by atoms with Crippen LogP contribution in [0.4, 0.5) is 0 Å². The number of phenolic OH excluding ortho intramolecular Hbond substituents is 1. The molecule has 0 spiro atoms. The van der Waals surface area contributed by atoms with Crippen LogP contribution in [0.25, 0.3) is 21.5 Å². The van der Waals surface area contributed by atoms with Gasteiger partial charge in [-0.05, 0) is 66.3 Å². The van der Waals surface area contributed by atoms with E-state index >= 15 is 0 Å². The monoisotopic (exact) mass is 554 g/mol.